The molecule has 0 saturated carbocycles. The Balaban J connectivity index is 2.01. The molecule has 0 aliphatic carbocycles. The van der Waals surface area contributed by atoms with Crippen molar-refractivity contribution < 1.29 is 22.7 Å². The number of hydrogen-bond donors (Lipinski definition) is 1. The molecule has 0 aromatic heterocycles. The predicted molar refractivity (Wildman–Crippen MR) is 93.5 cm³/mol. The predicted octanol–water partition coefficient (Wildman–Crippen LogP) is 4.58. The number of nitrogens with zero attached hydrogens (tertiary/aromatic N) is 1. The molecular formula is C18H16ClF3N2O2. The van der Waals surface area contributed by atoms with Crippen molar-refractivity contribution >= 4 is 23.7 Å². The molecule has 1 unspecified atom stereocenters. The van der Waals surface area contributed by atoms with E-state index in [0.29, 0.717) is 10.8 Å². The van der Waals surface area contributed by atoms with Gasteiger partial charge < -0.3 is 4.74 Å². The molecular weight excluding hydrogens is 369 g/mol. The SMILES string of the molecule is Cc1cc(Cl)ccc1OC(C)C(=O)NN=Cc1ccccc1C(F)(F)F. The minimum absolute atomic E-state index is 0.151. The van der Waals surface area contributed by atoms with E-state index in [1.807, 2.05) is 0 Å². The zero-order valence-corrected chi connectivity index (χ0v) is 14.7. The fourth-order valence-corrected chi connectivity index (χ4v) is 2.34. The summed E-state index contributed by atoms with van der Waals surface area (Å²) < 4.78 is 44.2. The van der Waals surface area contributed by atoms with Crippen molar-refractivity contribution in [1.29, 1.82) is 0 Å². The number of carbonyl (C=O) groups is 1. The van der Waals surface area contributed by atoms with Crippen LogP contribution in [-0.4, -0.2) is 18.2 Å². The van der Waals surface area contributed by atoms with Crippen molar-refractivity contribution in [3.8, 4) is 5.75 Å². The smallest absolute Gasteiger partial charge is 0.417 e. The third-order valence-electron chi connectivity index (χ3n) is 3.45. The molecule has 0 spiro atoms. The summed E-state index contributed by atoms with van der Waals surface area (Å²) in [6, 6.07) is 9.88. The number of alkyl halides is 3. The van der Waals surface area contributed by atoms with Gasteiger partial charge in [0.15, 0.2) is 6.10 Å². The van der Waals surface area contributed by atoms with E-state index < -0.39 is 23.8 Å². The molecule has 1 atom stereocenters. The summed E-state index contributed by atoms with van der Waals surface area (Å²) in [4.78, 5) is 12.0. The number of halogens is 4. The number of hydrazone groups is 1. The molecule has 0 aliphatic heterocycles. The van der Waals surface area contributed by atoms with E-state index in [2.05, 4.69) is 10.5 Å². The highest BCUT2D eigenvalue weighted by Gasteiger charge is 2.32. The maximum Gasteiger partial charge on any atom is 0.417 e. The van der Waals surface area contributed by atoms with Crippen LogP contribution in [0.3, 0.4) is 0 Å². The van der Waals surface area contributed by atoms with Crippen molar-refractivity contribution in [2.45, 2.75) is 26.1 Å². The van der Waals surface area contributed by atoms with Gasteiger partial charge in [-0.15, -0.1) is 0 Å². The van der Waals surface area contributed by atoms with Gasteiger partial charge in [-0.1, -0.05) is 29.8 Å². The summed E-state index contributed by atoms with van der Waals surface area (Å²) in [6.07, 6.45) is -4.46. The third kappa shape index (κ3) is 5.23. The van der Waals surface area contributed by atoms with Crippen LogP contribution < -0.4 is 10.2 Å². The van der Waals surface area contributed by atoms with Gasteiger partial charge in [0.25, 0.3) is 5.91 Å². The standard InChI is InChI=1S/C18H16ClF3N2O2/c1-11-9-14(19)7-8-16(11)26-12(2)17(25)24-23-10-13-5-3-4-6-15(13)18(20,21)22/h3-10,12H,1-2H3,(H,24,25). The van der Waals surface area contributed by atoms with Crippen molar-refractivity contribution in [3.05, 3.63) is 64.2 Å². The Bertz CT molecular complexity index is 822. The Morgan fingerprint density at radius 3 is 2.62 bits per heavy atom. The molecule has 138 valence electrons. The molecule has 2 rings (SSSR count). The maximum atomic E-state index is 12.9. The first kappa shape index (κ1) is 19.8. The second-order valence-corrected chi connectivity index (χ2v) is 5.93. The Kier molecular flexibility index (Phi) is 6.26. The fraction of sp³-hybridized carbons (Fsp3) is 0.222. The largest absolute Gasteiger partial charge is 0.481 e. The molecule has 2 aromatic rings. The minimum atomic E-state index is -4.50. The van der Waals surface area contributed by atoms with Crippen molar-refractivity contribution in [3.63, 3.8) is 0 Å². The van der Waals surface area contributed by atoms with E-state index >= 15 is 0 Å². The van der Waals surface area contributed by atoms with Crippen LogP contribution in [0.15, 0.2) is 47.6 Å². The lowest BCUT2D eigenvalue weighted by Crippen LogP contribution is -2.33. The Morgan fingerprint density at radius 1 is 1.27 bits per heavy atom. The van der Waals surface area contributed by atoms with Gasteiger partial charge in [-0.2, -0.15) is 18.3 Å². The van der Waals surface area contributed by atoms with Gasteiger partial charge in [-0.05, 0) is 43.7 Å². The summed E-state index contributed by atoms with van der Waals surface area (Å²) >= 11 is 5.85. The highest BCUT2D eigenvalue weighted by atomic mass is 35.5. The van der Waals surface area contributed by atoms with Gasteiger partial charge in [0.05, 0.1) is 11.8 Å². The monoisotopic (exact) mass is 384 g/mol. The number of rotatable bonds is 5. The van der Waals surface area contributed by atoms with Crippen LogP contribution in [0.2, 0.25) is 5.02 Å². The normalized spacial score (nSPS) is 12.8. The fourth-order valence-electron chi connectivity index (χ4n) is 2.11. The maximum absolute atomic E-state index is 12.9. The van der Waals surface area contributed by atoms with E-state index in [-0.39, 0.29) is 5.56 Å². The summed E-state index contributed by atoms with van der Waals surface area (Å²) in [5.74, 6) is -0.122. The van der Waals surface area contributed by atoms with E-state index in [0.717, 1.165) is 17.8 Å². The van der Waals surface area contributed by atoms with Crippen LogP contribution in [0.5, 0.6) is 5.75 Å². The van der Waals surface area contributed by atoms with Crippen LogP contribution >= 0.6 is 11.6 Å². The number of amides is 1. The van der Waals surface area contributed by atoms with Crippen LogP contribution in [0.4, 0.5) is 13.2 Å². The Hall–Kier alpha value is -2.54. The van der Waals surface area contributed by atoms with Crippen LogP contribution in [0.1, 0.15) is 23.6 Å². The number of benzene rings is 2. The van der Waals surface area contributed by atoms with Gasteiger partial charge in [0, 0.05) is 10.6 Å². The number of ether oxygens (including phenoxy) is 1. The average Bonchev–Trinajstić information content (AvgIpc) is 2.56. The van der Waals surface area contributed by atoms with E-state index in [1.165, 1.54) is 25.1 Å². The molecule has 0 aliphatic rings. The van der Waals surface area contributed by atoms with Gasteiger partial charge in [-0.25, -0.2) is 5.43 Å². The molecule has 8 heteroatoms. The van der Waals surface area contributed by atoms with Crippen molar-refractivity contribution in [2.24, 2.45) is 5.10 Å². The molecule has 0 bridgehead atoms. The number of carbonyl (C=O) groups excluding carboxylic acids is 1. The first-order chi connectivity index (χ1) is 12.2. The van der Waals surface area contributed by atoms with Crippen LogP contribution in [0.25, 0.3) is 0 Å². The molecule has 4 nitrogen and oxygen atoms in total. The van der Waals surface area contributed by atoms with Crippen LogP contribution in [0, 0.1) is 6.92 Å². The topological polar surface area (TPSA) is 50.7 Å². The lowest BCUT2D eigenvalue weighted by atomic mass is 10.1. The number of nitrogens with one attached hydrogen (secondary N) is 1. The second-order valence-electron chi connectivity index (χ2n) is 5.49. The summed E-state index contributed by atoms with van der Waals surface area (Å²) in [5, 5.41) is 4.13. The van der Waals surface area contributed by atoms with Crippen molar-refractivity contribution in [2.75, 3.05) is 0 Å². The molecule has 0 radical (unpaired) electrons. The minimum Gasteiger partial charge on any atom is -0.481 e. The molecule has 2 aromatic carbocycles. The molecule has 0 fully saturated rings. The molecule has 1 amide bonds. The quantitative estimate of drug-likeness (QED) is 0.605. The number of aryl methyl sites for hydroxylation is 1. The van der Waals surface area contributed by atoms with Gasteiger partial charge in [0.1, 0.15) is 5.75 Å². The zero-order chi connectivity index (χ0) is 19.3. The second kappa shape index (κ2) is 8.23. The highest BCUT2D eigenvalue weighted by Crippen LogP contribution is 2.31. The molecule has 0 saturated heterocycles. The zero-order valence-electron chi connectivity index (χ0n) is 14.0. The van der Waals surface area contributed by atoms with Gasteiger partial charge >= 0.3 is 6.18 Å². The lowest BCUT2D eigenvalue weighted by Gasteiger charge is -2.15. The van der Waals surface area contributed by atoms with Crippen LogP contribution in [-0.2, 0) is 11.0 Å². The Labute approximate surface area is 153 Å². The molecule has 26 heavy (non-hydrogen) atoms. The summed E-state index contributed by atoms with van der Waals surface area (Å²) in [6.45, 7) is 3.28. The average molecular weight is 385 g/mol. The molecule has 0 heterocycles. The van der Waals surface area contributed by atoms with Gasteiger partial charge in [-0.3, -0.25) is 4.79 Å². The van der Waals surface area contributed by atoms with Gasteiger partial charge in [0.2, 0.25) is 0 Å². The first-order valence-electron chi connectivity index (χ1n) is 7.60. The summed E-state index contributed by atoms with van der Waals surface area (Å²) in [7, 11) is 0. The van der Waals surface area contributed by atoms with E-state index in [1.54, 1.807) is 25.1 Å². The number of hydrogen-bond acceptors (Lipinski definition) is 3. The Morgan fingerprint density at radius 2 is 1.96 bits per heavy atom. The third-order valence-corrected chi connectivity index (χ3v) is 3.69. The molecule has 1 N–H and O–H groups in total. The summed E-state index contributed by atoms with van der Waals surface area (Å²) in [5.41, 5.74) is 1.94. The lowest BCUT2D eigenvalue weighted by molar-refractivity contribution is -0.137. The first-order valence-corrected chi connectivity index (χ1v) is 7.98. The van der Waals surface area contributed by atoms with Crippen molar-refractivity contribution in [1.82, 2.24) is 5.43 Å². The van der Waals surface area contributed by atoms with E-state index in [9.17, 15) is 18.0 Å². The highest BCUT2D eigenvalue weighted by molar-refractivity contribution is 6.30. The van der Waals surface area contributed by atoms with E-state index in [4.69, 9.17) is 16.3 Å².